The first-order valence-electron chi connectivity index (χ1n) is 9.10. The van der Waals surface area contributed by atoms with E-state index in [0.717, 1.165) is 0 Å². The number of hydrogen-bond acceptors (Lipinski definition) is 8. The fourth-order valence-electron chi connectivity index (χ4n) is 2.84. The molecule has 2 N–H and O–H groups in total. The molecule has 156 valence electrons. The lowest BCUT2D eigenvalue weighted by Gasteiger charge is -2.11. The van der Waals surface area contributed by atoms with Gasteiger partial charge in [0.15, 0.2) is 0 Å². The van der Waals surface area contributed by atoms with Crippen molar-refractivity contribution >= 4 is 23.2 Å². The lowest BCUT2D eigenvalue weighted by Crippen LogP contribution is -2.14. The summed E-state index contributed by atoms with van der Waals surface area (Å²) in [4.78, 5) is 24.9. The van der Waals surface area contributed by atoms with Gasteiger partial charge in [0.05, 0.1) is 13.3 Å². The van der Waals surface area contributed by atoms with Crippen LogP contribution in [0.3, 0.4) is 0 Å². The van der Waals surface area contributed by atoms with Crippen LogP contribution in [0.2, 0.25) is 0 Å². The van der Waals surface area contributed by atoms with Crippen molar-refractivity contribution in [3.05, 3.63) is 71.9 Å². The van der Waals surface area contributed by atoms with E-state index in [1.54, 1.807) is 49.4 Å². The van der Waals surface area contributed by atoms with Crippen molar-refractivity contribution in [1.82, 2.24) is 25.4 Å². The number of aromatic nitrogens is 5. The molecule has 2 heterocycles. The highest BCUT2D eigenvalue weighted by atomic mass is 16.5. The summed E-state index contributed by atoms with van der Waals surface area (Å²) in [6.07, 6.45) is 2.77. The molecule has 11 nitrogen and oxygen atoms in total. The molecule has 0 bridgehead atoms. The molecule has 0 aliphatic rings. The molecule has 0 unspecified atom stereocenters. The van der Waals surface area contributed by atoms with Crippen LogP contribution in [-0.4, -0.2) is 44.3 Å². The summed E-state index contributed by atoms with van der Waals surface area (Å²) >= 11 is 0. The molecule has 0 aliphatic carbocycles. The van der Waals surface area contributed by atoms with Crippen molar-refractivity contribution in [3.8, 4) is 11.4 Å². The van der Waals surface area contributed by atoms with Gasteiger partial charge in [-0.05, 0) is 59.8 Å². The van der Waals surface area contributed by atoms with E-state index in [2.05, 4.69) is 31.3 Å². The second kappa shape index (κ2) is 8.45. The average molecular weight is 419 g/mol. The topological polar surface area (TPSA) is 137 Å². The Bertz CT molecular complexity index is 1220. The Hall–Kier alpha value is -4.54. The average Bonchev–Trinajstić information content (AvgIpc) is 3.46. The molecule has 0 spiro atoms. The minimum Gasteiger partial charge on any atom is -0.494 e. The van der Waals surface area contributed by atoms with Crippen LogP contribution < -0.4 is 15.4 Å². The zero-order valence-electron chi connectivity index (χ0n) is 16.6. The first kappa shape index (κ1) is 19.8. The maximum absolute atomic E-state index is 12.7. The number of anilines is 2. The number of carbonyl (C=O) groups excluding carboxylic acids is 2. The van der Waals surface area contributed by atoms with Crippen LogP contribution in [0.1, 0.15) is 26.5 Å². The van der Waals surface area contributed by atoms with Gasteiger partial charge in [-0.2, -0.15) is 4.68 Å². The quantitative estimate of drug-likeness (QED) is 0.486. The third kappa shape index (κ3) is 4.24. The van der Waals surface area contributed by atoms with Crippen molar-refractivity contribution in [2.75, 3.05) is 17.7 Å². The number of methoxy groups -OCH3 is 1. The number of hydrogen-bond donors (Lipinski definition) is 2. The molecular formula is C20H17N7O4. The highest BCUT2D eigenvalue weighted by Gasteiger charge is 2.14. The summed E-state index contributed by atoms with van der Waals surface area (Å²) in [6, 6.07) is 11.6. The SMILES string of the molecule is COc1ccc(C(=O)Nc2ccc(NC(=O)c3cnoc3C)cc2)cc1-n1cnnn1. The summed E-state index contributed by atoms with van der Waals surface area (Å²) in [7, 11) is 1.52. The molecule has 0 saturated carbocycles. The van der Waals surface area contributed by atoms with Gasteiger partial charge in [-0.15, -0.1) is 5.10 Å². The van der Waals surface area contributed by atoms with E-state index in [-0.39, 0.29) is 11.8 Å². The highest BCUT2D eigenvalue weighted by molar-refractivity contribution is 6.06. The molecule has 31 heavy (non-hydrogen) atoms. The van der Waals surface area contributed by atoms with Crippen molar-refractivity contribution in [2.24, 2.45) is 0 Å². The molecule has 11 heteroatoms. The van der Waals surface area contributed by atoms with Crippen molar-refractivity contribution < 1.29 is 18.8 Å². The highest BCUT2D eigenvalue weighted by Crippen LogP contribution is 2.24. The number of aryl methyl sites for hydroxylation is 1. The van der Waals surface area contributed by atoms with Gasteiger partial charge in [0.25, 0.3) is 11.8 Å². The molecular weight excluding hydrogens is 402 g/mol. The minimum atomic E-state index is -0.330. The van der Waals surface area contributed by atoms with Gasteiger partial charge in [-0.1, -0.05) is 5.16 Å². The van der Waals surface area contributed by atoms with Crippen LogP contribution in [0.25, 0.3) is 5.69 Å². The summed E-state index contributed by atoms with van der Waals surface area (Å²) in [6.45, 7) is 1.66. The molecule has 2 aromatic heterocycles. The van der Waals surface area contributed by atoms with Crippen molar-refractivity contribution in [2.45, 2.75) is 6.92 Å². The zero-order chi connectivity index (χ0) is 21.8. The second-order valence-corrected chi connectivity index (χ2v) is 6.42. The number of nitrogens with one attached hydrogen (secondary N) is 2. The minimum absolute atomic E-state index is 0.325. The summed E-state index contributed by atoms with van der Waals surface area (Å²) < 4.78 is 11.6. The van der Waals surface area contributed by atoms with Crippen LogP contribution in [0.15, 0.2) is 59.5 Å². The largest absolute Gasteiger partial charge is 0.494 e. The van der Waals surface area contributed by atoms with Gasteiger partial charge in [-0.3, -0.25) is 9.59 Å². The number of ether oxygens (including phenoxy) is 1. The van der Waals surface area contributed by atoms with Gasteiger partial charge in [0.2, 0.25) is 0 Å². The van der Waals surface area contributed by atoms with E-state index in [9.17, 15) is 9.59 Å². The van der Waals surface area contributed by atoms with Crippen LogP contribution >= 0.6 is 0 Å². The molecule has 0 atom stereocenters. The van der Waals surface area contributed by atoms with Crippen molar-refractivity contribution in [3.63, 3.8) is 0 Å². The maximum Gasteiger partial charge on any atom is 0.260 e. The standard InChI is InChI=1S/C20H17N7O4/c1-12-16(10-22-31-12)20(29)24-15-6-4-14(5-7-15)23-19(28)13-3-8-18(30-2)17(9-13)27-11-21-25-26-27/h3-11H,1-2H3,(H,23,28)(H,24,29). The number of amides is 2. The van der Waals surface area contributed by atoms with E-state index in [1.165, 1.54) is 24.3 Å². The first-order valence-corrected chi connectivity index (χ1v) is 9.10. The maximum atomic E-state index is 12.7. The Morgan fingerprint density at radius 3 is 2.32 bits per heavy atom. The van der Waals surface area contributed by atoms with Gasteiger partial charge in [0.1, 0.15) is 29.1 Å². The fraction of sp³-hybridized carbons (Fsp3) is 0.100. The van der Waals surface area contributed by atoms with E-state index in [4.69, 9.17) is 9.26 Å². The van der Waals surface area contributed by atoms with Crippen LogP contribution in [0.4, 0.5) is 11.4 Å². The Balaban J connectivity index is 1.46. The predicted octanol–water partition coefficient (Wildman–Crippen LogP) is 2.47. The lowest BCUT2D eigenvalue weighted by atomic mass is 10.1. The first-order chi connectivity index (χ1) is 15.0. The number of carbonyl (C=O) groups is 2. The molecule has 0 fully saturated rings. The van der Waals surface area contributed by atoms with Crippen LogP contribution in [0.5, 0.6) is 5.75 Å². The molecule has 4 rings (SSSR count). The molecule has 0 aliphatic heterocycles. The Labute approximate surface area is 176 Å². The van der Waals surface area contributed by atoms with E-state index in [1.807, 2.05) is 0 Å². The lowest BCUT2D eigenvalue weighted by molar-refractivity contribution is 0.101. The van der Waals surface area contributed by atoms with E-state index in [0.29, 0.717) is 39.7 Å². The third-order valence-electron chi connectivity index (χ3n) is 4.43. The Morgan fingerprint density at radius 2 is 1.74 bits per heavy atom. The molecule has 2 aromatic carbocycles. The number of benzene rings is 2. The fourth-order valence-corrected chi connectivity index (χ4v) is 2.84. The van der Waals surface area contributed by atoms with Gasteiger partial charge in [-0.25, -0.2) is 0 Å². The second-order valence-electron chi connectivity index (χ2n) is 6.42. The summed E-state index contributed by atoms with van der Waals surface area (Å²) in [5.74, 6) is 0.298. The smallest absolute Gasteiger partial charge is 0.260 e. The Morgan fingerprint density at radius 1 is 1.03 bits per heavy atom. The van der Waals surface area contributed by atoms with E-state index < -0.39 is 0 Å². The van der Waals surface area contributed by atoms with Gasteiger partial charge >= 0.3 is 0 Å². The summed E-state index contributed by atoms with van der Waals surface area (Å²) in [5.41, 5.74) is 2.40. The van der Waals surface area contributed by atoms with Crippen LogP contribution in [0, 0.1) is 6.92 Å². The number of nitrogens with zero attached hydrogens (tertiary/aromatic N) is 5. The molecule has 4 aromatic rings. The normalized spacial score (nSPS) is 10.5. The van der Waals surface area contributed by atoms with E-state index >= 15 is 0 Å². The zero-order valence-corrected chi connectivity index (χ0v) is 16.6. The number of tetrazole rings is 1. The molecule has 0 saturated heterocycles. The number of rotatable bonds is 6. The van der Waals surface area contributed by atoms with Gasteiger partial charge in [0, 0.05) is 16.9 Å². The monoisotopic (exact) mass is 419 g/mol. The molecule has 0 radical (unpaired) electrons. The molecule has 2 amide bonds. The van der Waals surface area contributed by atoms with Crippen molar-refractivity contribution in [1.29, 1.82) is 0 Å². The Kier molecular flexibility index (Phi) is 5.39. The van der Waals surface area contributed by atoms with Gasteiger partial charge < -0.3 is 19.9 Å². The predicted molar refractivity (Wildman–Crippen MR) is 109 cm³/mol. The summed E-state index contributed by atoms with van der Waals surface area (Å²) in [5, 5.41) is 20.2. The third-order valence-corrected chi connectivity index (χ3v) is 4.43. The van der Waals surface area contributed by atoms with Crippen LogP contribution in [-0.2, 0) is 0 Å².